The van der Waals surface area contributed by atoms with Crippen LogP contribution in [0, 0.1) is 11.3 Å². The minimum absolute atomic E-state index is 0.523. The molecule has 23 heavy (non-hydrogen) atoms. The summed E-state index contributed by atoms with van der Waals surface area (Å²) in [5.41, 5.74) is 2.02. The molecule has 2 heterocycles. The summed E-state index contributed by atoms with van der Waals surface area (Å²) in [6, 6.07) is 12.3. The summed E-state index contributed by atoms with van der Waals surface area (Å²) in [4.78, 5) is 13.0. The molecular formula is C18H21N5. The van der Waals surface area contributed by atoms with Crippen molar-refractivity contribution in [2.45, 2.75) is 18.8 Å². The molecule has 3 rings (SSSR count). The Labute approximate surface area is 137 Å². The normalized spacial score (nSPS) is 15.3. The molecule has 1 aliphatic heterocycles. The highest BCUT2D eigenvalue weighted by Gasteiger charge is 2.22. The van der Waals surface area contributed by atoms with Gasteiger partial charge in [0.05, 0.1) is 11.6 Å². The molecular weight excluding hydrogens is 286 g/mol. The molecule has 1 saturated heterocycles. The van der Waals surface area contributed by atoms with E-state index in [-0.39, 0.29) is 0 Å². The standard InChI is InChI=1S/C18H21N5/c1-22(2)17-11-18(21-13-20-17)23-8-6-15(7-9-23)16-5-3-4-14(10-16)12-19/h3-5,10-11,13,15H,6-9H2,1-2H3. The average molecular weight is 307 g/mol. The Morgan fingerprint density at radius 2 is 1.96 bits per heavy atom. The van der Waals surface area contributed by atoms with E-state index in [4.69, 9.17) is 5.26 Å². The SMILES string of the molecule is CN(C)c1cc(N2CCC(c3cccc(C#N)c3)CC2)ncn1. The number of anilines is 2. The Kier molecular flexibility index (Phi) is 4.42. The molecule has 5 heteroatoms. The maximum absolute atomic E-state index is 9.05. The van der Waals surface area contributed by atoms with Gasteiger partial charge in [-0.1, -0.05) is 12.1 Å². The molecule has 1 aromatic carbocycles. The van der Waals surface area contributed by atoms with Crippen molar-refractivity contribution in [3.63, 3.8) is 0 Å². The Morgan fingerprint density at radius 3 is 2.65 bits per heavy atom. The fourth-order valence-electron chi connectivity index (χ4n) is 3.06. The Balaban J connectivity index is 1.68. The van der Waals surface area contributed by atoms with Crippen molar-refractivity contribution in [1.82, 2.24) is 9.97 Å². The van der Waals surface area contributed by atoms with E-state index in [0.29, 0.717) is 5.92 Å². The third kappa shape index (κ3) is 3.42. The van der Waals surface area contributed by atoms with Gasteiger partial charge in [0.15, 0.2) is 0 Å². The minimum Gasteiger partial charge on any atom is -0.363 e. The van der Waals surface area contributed by atoms with Crippen LogP contribution in [0.15, 0.2) is 36.7 Å². The fourth-order valence-corrected chi connectivity index (χ4v) is 3.06. The molecule has 0 aliphatic carbocycles. The number of nitriles is 1. The number of piperidine rings is 1. The van der Waals surface area contributed by atoms with Gasteiger partial charge in [-0.25, -0.2) is 9.97 Å². The predicted molar refractivity (Wildman–Crippen MR) is 91.7 cm³/mol. The second kappa shape index (κ2) is 6.66. The number of hydrogen-bond acceptors (Lipinski definition) is 5. The smallest absolute Gasteiger partial charge is 0.134 e. The molecule has 118 valence electrons. The van der Waals surface area contributed by atoms with Crippen molar-refractivity contribution in [2.75, 3.05) is 37.0 Å². The molecule has 1 aliphatic rings. The summed E-state index contributed by atoms with van der Waals surface area (Å²) in [5, 5.41) is 9.05. The van der Waals surface area contributed by atoms with Crippen LogP contribution in [0.2, 0.25) is 0 Å². The summed E-state index contributed by atoms with van der Waals surface area (Å²) in [6.45, 7) is 1.96. The fraction of sp³-hybridized carbons (Fsp3) is 0.389. The first kappa shape index (κ1) is 15.3. The van der Waals surface area contributed by atoms with Crippen LogP contribution in [0.4, 0.5) is 11.6 Å². The van der Waals surface area contributed by atoms with Crippen LogP contribution >= 0.6 is 0 Å². The lowest BCUT2D eigenvalue weighted by atomic mass is 9.88. The number of hydrogen-bond donors (Lipinski definition) is 0. The van der Waals surface area contributed by atoms with Gasteiger partial charge in [-0.3, -0.25) is 0 Å². The Morgan fingerprint density at radius 1 is 1.17 bits per heavy atom. The first-order chi connectivity index (χ1) is 11.2. The zero-order valence-electron chi connectivity index (χ0n) is 13.6. The van der Waals surface area contributed by atoms with Gasteiger partial charge in [-0.15, -0.1) is 0 Å². The van der Waals surface area contributed by atoms with E-state index in [1.807, 2.05) is 43.3 Å². The van der Waals surface area contributed by atoms with Gasteiger partial charge in [0, 0.05) is 33.3 Å². The van der Waals surface area contributed by atoms with E-state index in [1.165, 1.54) is 5.56 Å². The molecule has 0 bridgehead atoms. The summed E-state index contributed by atoms with van der Waals surface area (Å²) in [7, 11) is 3.97. The summed E-state index contributed by atoms with van der Waals surface area (Å²) in [6.07, 6.45) is 3.79. The van der Waals surface area contributed by atoms with Crippen LogP contribution in [0.1, 0.15) is 29.9 Å². The van der Waals surface area contributed by atoms with E-state index in [9.17, 15) is 0 Å². The zero-order chi connectivity index (χ0) is 16.2. The maximum Gasteiger partial charge on any atom is 0.134 e. The summed E-state index contributed by atoms with van der Waals surface area (Å²) < 4.78 is 0. The summed E-state index contributed by atoms with van der Waals surface area (Å²) in [5.74, 6) is 2.45. The second-order valence-corrected chi connectivity index (χ2v) is 6.13. The molecule has 0 unspecified atom stereocenters. The average Bonchev–Trinajstić information content (AvgIpc) is 2.62. The monoisotopic (exact) mass is 307 g/mol. The van der Waals surface area contributed by atoms with Gasteiger partial charge in [0.2, 0.25) is 0 Å². The highest BCUT2D eigenvalue weighted by atomic mass is 15.2. The van der Waals surface area contributed by atoms with Gasteiger partial charge >= 0.3 is 0 Å². The van der Waals surface area contributed by atoms with E-state index in [2.05, 4.69) is 27.0 Å². The highest BCUT2D eigenvalue weighted by molar-refractivity contribution is 5.49. The third-order valence-electron chi connectivity index (χ3n) is 4.40. The van der Waals surface area contributed by atoms with Crippen molar-refractivity contribution in [3.8, 4) is 6.07 Å². The van der Waals surface area contributed by atoms with E-state index >= 15 is 0 Å². The zero-order valence-corrected chi connectivity index (χ0v) is 13.6. The molecule has 2 aromatic rings. The molecule has 1 aromatic heterocycles. The van der Waals surface area contributed by atoms with Crippen LogP contribution in [0.5, 0.6) is 0 Å². The lowest BCUT2D eigenvalue weighted by Crippen LogP contribution is -2.33. The summed E-state index contributed by atoms with van der Waals surface area (Å²) >= 11 is 0. The Hall–Kier alpha value is -2.61. The quantitative estimate of drug-likeness (QED) is 0.872. The van der Waals surface area contributed by atoms with E-state index in [0.717, 1.165) is 43.1 Å². The molecule has 0 saturated carbocycles. The Bertz CT molecular complexity index is 711. The minimum atomic E-state index is 0.523. The first-order valence-electron chi connectivity index (χ1n) is 7.92. The van der Waals surface area contributed by atoms with Crippen molar-refractivity contribution in [2.24, 2.45) is 0 Å². The maximum atomic E-state index is 9.05. The van der Waals surface area contributed by atoms with Gasteiger partial charge in [0.1, 0.15) is 18.0 Å². The van der Waals surface area contributed by atoms with Crippen molar-refractivity contribution >= 4 is 11.6 Å². The van der Waals surface area contributed by atoms with Gasteiger partial charge in [-0.2, -0.15) is 5.26 Å². The number of aromatic nitrogens is 2. The van der Waals surface area contributed by atoms with Crippen LogP contribution in [-0.4, -0.2) is 37.2 Å². The molecule has 0 spiro atoms. The van der Waals surface area contributed by atoms with Crippen molar-refractivity contribution in [3.05, 3.63) is 47.8 Å². The lowest BCUT2D eigenvalue weighted by Gasteiger charge is -2.33. The molecule has 1 fully saturated rings. The van der Waals surface area contributed by atoms with Gasteiger partial charge < -0.3 is 9.80 Å². The lowest BCUT2D eigenvalue weighted by molar-refractivity contribution is 0.502. The third-order valence-corrected chi connectivity index (χ3v) is 4.40. The van der Waals surface area contributed by atoms with Crippen molar-refractivity contribution in [1.29, 1.82) is 5.26 Å². The second-order valence-electron chi connectivity index (χ2n) is 6.13. The largest absolute Gasteiger partial charge is 0.363 e. The molecule has 0 amide bonds. The van der Waals surface area contributed by atoms with Crippen LogP contribution in [0.25, 0.3) is 0 Å². The topological polar surface area (TPSA) is 56.0 Å². The molecule has 0 atom stereocenters. The first-order valence-corrected chi connectivity index (χ1v) is 7.92. The number of rotatable bonds is 3. The molecule has 0 N–H and O–H groups in total. The molecule has 0 radical (unpaired) electrons. The van der Waals surface area contributed by atoms with Crippen LogP contribution < -0.4 is 9.80 Å². The highest BCUT2D eigenvalue weighted by Crippen LogP contribution is 2.30. The van der Waals surface area contributed by atoms with Gasteiger partial charge in [-0.05, 0) is 36.5 Å². The van der Waals surface area contributed by atoms with Gasteiger partial charge in [0.25, 0.3) is 0 Å². The molecule has 5 nitrogen and oxygen atoms in total. The van der Waals surface area contributed by atoms with E-state index < -0.39 is 0 Å². The number of benzene rings is 1. The number of nitrogens with zero attached hydrogens (tertiary/aromatic N) is 5. The van der Waals surface area contributed by atoms with Crippen molar-refractivity contribution < 1.29 is 0 Å². The van der Waals surface area contributed by atoms with E-state index in [1.54, 1.807) is 6.33 Å². The predicted octanol–water partition coefficient (Wildman–Crippen LogP) is 2.80. The van der Waals surface area contributed by atoms with Crippen LogP contribution in [-0.2, 0) is 0 Å². The van der Waals surface area contributed by atoms with Crippen LogP contribution in [0.3, 0.4) is 0 Å².